The van der Waals surface area contributed by atoms with Crippen LogP contribution in [0.15, 0.2) is 0 Å². The molecule has 2 bridgehead atoms. The molecule has 0 aliphatic carbocycles. The minimum absolute atomic E-state index is 0.890. The fourth-order valence-corrected chi connectivity index (χ4v) is 3.73. The Kier molecular flexibility index (Phi) is 13.3. The van der Waals surface area contributed by atoms with Crippen LogP contribution < -0.4 is 5.32 Å². The van der Waals surface area contributed by atoms with E-state index in [1.165, 1.54) is 58.3 Å². The summed E-state index contributed by atoms with van der Waals surface area (Å²) in [7, 11) is 2.33. The van der Waals surface area contributed by atoms with E-state index in [0.29, 0.717) is 0 Å². The highest BCUT2D eigenvalue weighted by molar-refractivity contribution is 4.97. The van der Waals surface area contributed by atoms with Crippen molar-refractivity contribution in [3.8, 4) is 0 Å². The van der Waals surface area contributed by atoms with Gasteiger partial charge in [0, 0.05) is 44.3 Å². The molecular weight excluding hydrogens is 270 g/mol. The third kappa shape index (κ3) is 6.55. The Balaban J connectivity index is 0.000000553. The van der Waals surface area contributed by atoms with Gasteiger partial charge >= 0.3 is 0 Å². The Bertz CT molecular complexity index is 225. The van der Waals surface area contributed by atoms with Gasteiger partial charge in [0.15, 0.2) is 0 Å². The quantitative estimate of drug-likeness (QED) is 0.790. The van der Waals surface area contributed by atoms with E-state index >= 15 is 0 Å². The standard InChI is InChI=1S/C12H23N3.C3H8.2C2H6/c1-14-10-2-3-11(14)9-12(8-10)15-6-4-13-5-7-15;1-3-2;2*1-2/h10-13H,2-9H2,1H3;3H2,1-2H3;2*1-2H3. The highest BCUT2D eigenvalue weighted by Crippen LogP contribution is 2.36. The molecule has 3 rings (SSSR count). The molecule has 0 radical (unpaired) electrons. The summed E-state index contributed by atoms with van der Waals surface area (Å²) in [5, 5.41) is 3.45. The molecule has 0 aromatic carbocycles. The van der Waals surface area contributed by atoms with Gasteiger partial charge in [-0.15, -0.1) is 0 Å². The van der Waals surface area contributed by atoms with E-state index in [1.54, 1.807) is 0 Å². The highest BCUT2D eigenvalue weighted by atomic mass is 15.3. The maximum atomic E-state index is 3.45. The molecule has 0 saturated carbocycles. The van der Waals surface area contributed by atoms with Gasteiger partial charge in [-0.2, -0.15) is 0 Å². The van der Waals surface area contributed by atoms with E-state index in [2.05, 4.69) is 36.0 Å². The zero-order valence-electron chi connectivity index (χ0n) is 16.5. The Hall–Kier alpha value is -0.120. The van der Waals surface area contributed by atoms with Crippen LogP contribution in [0, 0.1) is 0 Å². The number of rotatable bonds is 1. The van der Waals surface area contributed by atoms with E-state index in [0.717, 1.165) is 18.1 Å². The normalized spacial score (nSPS) is 31.0. The van der Waals surface area contributed by atoms with Crippen LogP contribution in [-0.4, -0.2) is 61.2 Å². The smallest absolute Gasteiger partial charge is 0.0126 e. The molecule has 0 amide bonds. The lowest BCUT2D eigenvalue weighted by molar-refractivity contribution is 0.0680. The van der Waals surface area contributed by atoms with Crippen molar-refractivity contribution in [3.05, 3.63) is 0 Å². The van der Waals surface area contributed by atoms with Gasteiger partial charge in [0.25, 0.3) is 0 Å². The molecule has 0 aromatic heterocycles. The van der Waals surface area contributed by atoms with Gasteiger partial charge in [-0.1, -0.05) is 48.0 Å². The van der Waals surface area contributed by atoms with Crippen LogP contribution in [0.1, 0.15) is 73.6 Å². The summed E-state index contributed by atoms with van der Waals surface area (Å²) in [6.45, 7) is 17.2. The molecular formula is C19H43N3. The number of piperidine rings is 1. The summed E-state index contributed by atoms with van der Waals surface area (Å²) in [4.78, 5) is 5.37. The van der Waals surface area contributed by atoms with Crippen molar-refractivity contribution >= 4 is 0 Å². The van der Waals surface area contributed by atoms with Gasteiger partial charge in [0.05, 0.1) is 0 Å². The van der Waals surface area contributed by atoms with Crippen LogP contribution in [0.25, 0.3) is 0 Å². The average Bonchev–Trinajstić information content (AvgIpc) is 2.81. The molecule has 1 N–H and O–H groups in total. The van der Waals surface area contributed by atoms with E-state index in [9.17, 15) is 0 Å². The van der Waals surface area contributed by atoms with Crippen LogP contribution in [-0.2, 0) is 0 Å². The average molecular weight is 314 g/mol. The first-order valence-corrected chi connectivity index (χ1v) is 9.93. The second-order valence-electron chi connectivity index (χ2n) is 6.17. The Morgan fingerprint density at radius 1 is 0.818 bits per heavy atom. The van der Waals surface area contributed by atoms with E-state index < -0.39 is 0 Å². The number of nitrogens with zero attached hydrogens (tertiary/aromatic N) is 2. The lowest BCUT2D eigenvalue weighted by Crippen LogP contribution is -2.54. The number of fused-ring (bicyclic) bond motifs is 2. The third-order valence-corrected chi connectivity index (χ3v) is 4.74. The van der Waals surface area contributed by atoms with Gasteiger partial charge in [-0.3, -0.25) is 4.90 Å². The Labute approximate surface area is 140 Å². The lowest BCUT2D eigenvalue weighted by atomic mass is 9.96. The number of hydrogen-bond donors (Lipinski definition) is 1. The first-order chi connectivity index (χ1) is 10.8. The minimum atomic E-state index is 0.890. The molecule has 134 valence electrons. The summed E-state index contributed by atoms with van der Waals surface area (Å²) in [6, 6.07) is 2.67. The molecule has 3 aliphatic rings. The van der Waals surface area contributed by atoms with Crippen molar-refractivity contribution in [2.24, 2.45) is 0 Å². The second-order valence-corrected chi connectivity index (χ2v) is 6.17. The maximum Gasteiger partial charge on any atom is 0.0126 e. The fourth-order valence-electron chi connectivity index (χ4n) is 3.73. The van der Waals surface area contributed by atoms with Crippen LogP contribution >= 0.6 is 0 Å². The second kappa shape index (κ2) is 13.3. The van der Waals surface area contributed by atoms with E-state index in [1.807, 2.05) is 27.7 Å². The summed E-state index contributed by atoms with van der Waals surface area (Å²) < 4.78 is 0. The van der Waals surface area contributed by atoms with Crippen LogP contribution in [0.3, 0.4) is 0 Å². The number of nitrogens with one attached hydrogen (secondary N) is 1. The van der Waals surface area contributed by atoms with Crippen LogP contribution in [0.5, 0.6) is 0 Å². The molecule has 0 spiro atoms. The van der Waals surface area contributed by atoms with Crippen molar-refractivity contribution < 1.29 is 0 Å². The van der Waals surface area contributed by atoms with Crippen molar-refractivity contribution in [2.75, 3.05) is 33.2 Å². The predicted molar refractivity (Wildman–Crippen MR) is 101 cm³/mol. The van der Waals surface area contributed by atoms with Gasteiger partial charge in [0.1, 0.15) is 0 Å². The summed E-state index contributed by atoms with van der Waals surface area (Å²) in [5.41, 5.74) is 0. The molecule has 3 heterocycles. The minimum Gasteiger partial charge on any atom is -0.314 e. The maximum absolute atomic E-state index is 3.45. The Morgan fingerprint density at radius 2 is 1.23 bits per heavy atom. The number of piperazine rings is 1. The van der Waals surface area contributed by atoms with Crippen molar-refractivity contribution in [3.63, 3.8) is 0 Å². The van der Waals surface area contributed by atoms with Crippen molar-refractivity contribution in [2.45, 2.75) is 91.8 Å². The van der Waals surface area contributed by atoms with Gasteiger partial charge in [-0.05, 0) is 32.7 Å². The van der Waals surface area contributed by atoms with Crippen LogP contribution in [0.4, 0.5) is 0 Å². The molecule has 3 heteroatoms. The van der Waals surface area contributed by atoms with Gasteiger partial charge in [0.2, 0.25) is 0 Å². The molecule has 3 saturated heterocycles. The Morgan fingerprint density at radius 3 is 1.64 bits per heavy atom. The first kappa shape index (κ1) is 21.9. The predicted octanol–water partition coefficient (Wildman–Crippen LogP) is 3.99. The van der Waals surface area contributed by atoms with Crippen molar-refractivity contribution in [1.82, 2.24) is 15.1 Å². The molecule has 2 unspecified atom stereocenters. The molecule has 3 fully saturated rings. The molecule has 2 atom stereocenters. The highest BCUT2D eigenvalue weighted by Gasteiger charge is 2.40. The van der Waals surface area contributed by atoms with Crippen molar-refractivity contribution in [1.29, 1.82) is 0 Å². The van der Waals surface area contributed by atoms with Gasteiger partial charge in [-0.25, -0.2) is 0 Å². The SMILES string of the molecule is CC.CC.CCC.CN1C2CCC1CC(N1CCNCC1)C2. The zero-order chi connectivity index (χ0) is 17.0. The first-order valence-electron chi connectivity index (χ1n) is 9.93. The van der Waals surface area contributed by atoms with E-state index in [4.69, 9.17) is 0 Å². The third-order valence-electron chi connectivity index (χ3n) is 4.74. The van der Waals surface area contributed by atoms with E-state index in [-0.39, 0.29) is 0 Å². The number of hydrogen-bond acceptors (Lipinski definition) is 3. The largest absolute Gasteiger partial charge is 0.314 e. The fraction of sp³-hybridized carbons (Fsp3) is 1.00. The molecule has 22 heavy (non-hydrogen) atoms. The summed E-state index contributed by atoms with van der Waals surface area (Å²) >= 11 is 0. The summed E-state index contributed by atoms with van der Waals surface area (Å²) in [5.74, 6) is 0. The molecule has 0 aromatic rings. The monoisotopic (exact) mass is 313 g/mol. The lowest BCUT2D eigenvalue weighted by Gasteiger charge is -2.43. The summed E-state index contributed by atoms with van der Waals surface area (Å²) in [6.07, 6.45) is 6.99. The zero-order valence-corrected chi connectivity index (χ0v) is 16.5. The topological polar surface area (TPSA) is 18.5 Å². The van der Waals surface area contributed by atoms with Gasteiger partial charge < -0.3 is 10.2 Å². The molecule has 3 nitrogen and oxygen atoms in total. The van der Waals surface area contributed by atoms with Crippen LogP contribution in [0.2, 0.25) is 0 Å². The molecule has 3 aliphatic heterocycles.